The first-order valence-corrected chi connectivity index (χ1v) is 10.6. The molecule has 0 radical (unpaired) electrons. The van der Waals surface area contributed by atoms with Gasteiger partial charge in [0.25, 0.3) is 5.91 Å². The number of nitrogens with zero attached hydrogens (tertiary/aromatic N) is 1. The summed E-state index contributed by atoms with van der Waals surface area (Å²) in [5.41, 5.74) is 2.10. The van der Waals surface area contributed by atoms with Crippen LogP contribution in [0.1, 0.15) is 22.5 Å². The molecule has 1 aromatic carbocycles. The first kappa shape index (κ1) is 19.2. The number of carbonyl (C=O) groups is 1. The van der Waals surface area contributed by atoms with Gasteiger partial charge in [-0.25, -0.2) is 8.42 Å². The highest BCUT2D eigenvalue weighted by atomic mass is 32.2. The SMILES string of the molecule is COc1ccc(CCNC(=O)c2cc(NC3CCS(=O)(=O)C3)ccn2)cc1. The number of aromatic nitrogens is 1. The fourth-order valence-corrected chi connectivity index (χ4v) is 4.67. The quantitative estimate of drug-likeness (QED) is 0.748. The van der Waals surface area contributed by atoms with E-state index in [1.165, 1.54) is 0 Å². The molecule has 2 N–H and O–H groups in total. The van der Waals surface area contributed by atoms with Crippen LogP contribution in [0.3, 0.4) is 0 Å². The predicted octanol–water partition coefficient (Wildman–Crippen LogP) is 1.66. The lowest BCUT2D eigenvalue weighted by atomic mass is 10.1. The molecule has 1 amide bonds. The third-order valence-corrected chi connectivity index (χ3v) is 6.22. The third-order valence-electron chi connectivity index (χ3n) is 4.45. The molecule has 3 rings (SSSR count). The molecule has 1 unspecified atom stereocenters. The highest BCUT2D eigenvalue weighted by Gasteiger charge is 2.27. The fourth-order valence-electron chi connectivity index (χ4n) is 2.99. The molecule has 0 saturated carbocycles. The molecule has 8 heteroatoms. The topological polar surface area (TPSA) is 97.4 Å². The molecule has 0 bridgehead atoms. The van der Waals surface area contributed by atoms with E-state index in [-0.39, 0.29) is 23.5 Å². The van der Waals surface area contributed by atoms with Gasteiger partial charge in [-0.1, -0.05) is 12.1 Å². The summed E-state index contributed by atoms with van der Waals surface area (Å²) in [7, 11) is -1.33. The number of carbonyl (C=O) groups excluding carboxylic acids is 1. The molecule has 0 aliphatic carbocycles. The molecule has 2 aromatic rings. The van der Waals surface area contributed by atoms with E-state index in [4.69, 9.17) is 4.74 Å². The van der Waals surface area contributed by atoms with Crippen molar-refractivity contribution in [1.29, 1.82) is 0 Å². The molecule has 144 valence electrons. The van der Waals surface area contributed by atoms with Crippen molar-refractivity contribution in [3.8, 4) is 5.75 Å². The van der Waals surface area contributed by atoms with Gasteiger partial charge >= 0.3 is 0 Å². The van der Waals surface area contributed by atoms with Crippen molar-refractivity contribution in [3.05, 3.63) is 53.9 Å². The molecule has 0 spiro atoms. The van der Waals surface area contributed by atoms with Crippen LogP contribution in [0.15, 0.2) is 42.6 Å². The number of benzene rings is 1. The maximum absolute atomic E-state index is 12.3. The summed E-state index contributed by atoms with van der Waals surface area (Å²) >= 11 is 0. The van der Waals surface area contributed by atoms with Crippen LogP contribution in [0.5, 0.6) is 5.75 Å². The van der Waals surface area contributed by atoms with E-state index in [9.17, 15) is 13.2 Å². The molecule has 1 aliphatic rings. The van der Waals surface area contributed by atoms with Gasteiger partial charge in [0.15, 0.2) is 9.84 Å². The van der Waals surface area contributed by atoms with Crippen LogP contribution in [0.2, 0.25) is 0 Å². The van der Waals surface area contributed by atoms with Gasteiger partial charge in [0.2, 0.25) is 0 Å². The lowest BCUT2D eigenvalue weighted by Gasteiger charge is -2.13. The van der Waals surface area contributed by atoms with Crippen molar-refractivity contribution in [2.45, 2.75) is 18.9 Å². The Morgan fingerprint density at radius 1 is 1.26 bits per heavy atom. The van der Waals surface area contributed by atoms with Crippen molar-refractivity contribution >= 4 is 21.4 Å². The van der Waals surface area contributed by atoms with E-state index >= 15 is 0 Å². The minimum atomic E-state index is -2.95. The second-order valence-corrected chi connectivity index (χ2v) is 8.76. The van der Waals surface area contributed by atoms with Crippen molar-refractivity contribution < 1.29 is 17.9 Å². The number of pyridine rings is 1. The van der Waals surface area contributed by atoms with Gasteiger partial charge in [-0.15, -0.1) is 0 Å². The molecule has 7 nitrogen and oxygen atoms in total. The van der Waals surface area contributed by atoms with Gasteiger partial charge in [-0.3, -0.25) is 9.78 Å². The van der Waals surface area contributed by atoms with Crippen LogP contribution in [0.4, 0.5) is 5.69 Å². The summed E-state index contributed by atoms with van der Waals surface area (Å²) in [5, 5.41) is 6.03. The number of amides is 1. The van der Waals surface area contributed by atoms with Crippen LogP contribution in [-0.4, -0.2) is 50.5 Å². The molecule has 1 fully saturated rings. The van der Waals surface area contributed by atoms with Crippen LogP contribution in [0.25, 0.3) is 0 Å². The van der Waals surface area contributed by atoms with Crippen LogP contribution in [0, 0.1) is 0 Å². The van der Waals surface area contributed by atoms with Crippen molar-refractivity contribution in [3.63, 3.8) is 0 Å². The number of hydrogen-bond acceptors (Lipinski definition) is 6. The highest BCUT2D eigenvalue weighted by molar-refractivity contribution is 7.91. The Morgan fingerprint density at radius 3 is 2.70 bits per heavy atom. The normalized spacial score (nSPS) is 18.0. The van der Waals surface area contributed by atoms with Gasteiger partial charge in [0, 0.05) is 24.5 Å². The summed E-state index contributed by atoms with van der Waals surface area (Å²) in [6.07, 6.45) is 2.83. The van der Waals surface area contributed by atoms with Crippen LogP contribution >= 0.6 is 0 Å². The van der Waals surface area contributed by atoms with Crippen molar-refractivity contribution in [2.24, 2.45) is 0 Å². The number of sulfone groups is 1. The Bertz CT molecular complexity index is 897. The number of methoxy groups -OCH3 is 1. The molecule has 2 heterocycles. The van der Waals surface area contributed by atoms with E-state index < -0.39 is 9.84 Å². The Labute approximate surface area is 159 Å². The van der Waals surface area contributed by atoms with Gasteiger partial charge < -0.3 is 15.4 Å². The molecule has 1 saturated heterocycles. The van der Waals surface area contributed by atoms with Gasteiger partial charge in [0.05, 0.1) is 18.6 Å². The summed E-state index contributed by atoms with van der Waals surface area (Å²) in [4.78, 5) is 16.4. The minimum absolute atomic E-state index is 0.122. The molecule has 27 heavy (non-hydrogen) atoms. The lowest BCUT2D eigenvalue weighted by molar-refractivity contribution is 0.0949. The third kappa shape index (κ3) is 5.43. The summed E-state index contributed by atoms with van der Waals surface area (Å²) in [5.74, 6) is 0.866. The Balaban J connectivity index is 1.52. The maximum Gasteiger partial charge on any atom is 0.269 e. The molecular formula is C19H23N3O4S. The van der Waals surface area contributed by atoms with Gasteiger partial charge in [0.1, 0.15) is 11.4 Å². The van der Waals surface area contributed by atoms with E-state index in [0.29, 0.717) is 30.8 Å². The Kier molecular flexibility index (Phi) is 5.95. The monoisotopic (exact) mass is 389 g/mol. The highest BCUT2D eigenvalue weighted by Crippen LogP contribution is 2.18. The smallest absolute Gasteiger partial charge is 0.269 e. The standard InChI is InChI=1S/C19H23N3O4S/c1-26-17-4-2-14(3-5-17)6-9-21-19(23)18-12-15(7-10-20-18)22-16-8-11-27(24,25)13-16/h2-5,7,10,12,16H,6,8-9,11,13H2,1H3,(H,20,22)(H,21,23). The largest absolute Gasteiger partial charge is 0.497 e. The van der Waals surface area contributed by atoms with Crippen LogP contribution in [-0.2, 0) is 16.3 Å². The lowest BCUT2D eigenvalue weighted by Crippen LogP contribution is -2.27. The molecule has 1 atom stereocenters. The average Bonchev–Trinajstić information content (AvgIpc) is 3.00. The second kappa shape index (κ2) is 8.39. The number of nitrogens with one attached hydrogen (secondary N) is 2. The zero-order valence-electron chi connectivity index (χ0n) is 15.1. The summed E-state index contributed by atoms with van der Waals surface area (Å²) in [6.45, 7) is 0.491. The second-order valence-electron chi connectivity index (χ2n) is 6.53. The molecule has 1 aromatic heterocycles. The maximum atomic E-state index is 12.3. The predicted molar refractivity (Wildman–Crippen MR) is 104 cm³/mol. The first-order chi connectivity index (χ1) is 12.9. The average molecular weight is 389 g/mol. The number of anilines is 1. The van der Waals surface area contributed by atoms with E-state index in [0.717, 1.165) is 11.3 Å². The fraction of sp³-hybridized carbons (Fsp3) is 0.368. The van der Waals surface area contributed by atoms with Crippen LogP contribution < -0.4 is 15.4 Å². The summed E-state index contributed by atoms with van der Waals surface area (Å²) < 4.78 is 28.2. The van der Waals surface area contributed by atoms with E-state index in [2.05, 4.69) is 15.6 Å². The van der Waals surface area contributed by atoms with Crippen molar-refractivity contribution in [1.82, 2.24) is 10.3 Å². The molecular weight excluding hydrogens is 366 g/mol. The van der Waals surface area contributed by atoms with Crippen molar-refractivity contribution in [2.75, 3.05) is 30.5 Å². The zero-order chi connectivity index (χ0) is 19.3. The number of ether oxygens (including phenoxy) is 1. The van der Waals surface area contributed by atoms with E-state index in [1.807, 2.05) is 24.3 Å². The summed E-state index contributed by atoms with van der Waals surface area (Å²) in [6, 6.07) is 11.0. The van der Waals surface area contributed by atoms with E-state index in [1.54, 1.807) is 25.4 Å². The van der Waals surface area contributed by atoms with Gasteiger partial charge in [-0.05, 0) is 42.7 Å². The Morgan fingerprint density at radius 2 is 2.04 bits per heavy atom. The number of rotatable bonds is 7. The Hall–Kier alpha value is -2.61. The molecule has 1 aliphatic heterocycles. The number of hydrogen-bond donors (Lipinski definition) is 2. The minimum Gasteiger partial charge on any atom is -0.497 e. The zero-order valence-corrected chi connectivity index (χ0v) is 16.0. The van der Waals surface area contributed by atoms with Gasteiger partial charge in [-0.2, -0.15) is 0 Å². The first-order valence-electron chi connectivity index (χ1n) is 8.79.